The highest BCUT2D eigenvalue weighted by atomic mass is 35.5. The van der Waals surface area contributed by atoms with E-state index in [4.69, 9.17) is 21.2 Å². The molecule has 0 saturated carbocycles. The molecule has 0 saturated heterocycles. The van der Waals surface area contributed by atoms with Gasteiger partial charge in [-0.1, -0.05) is 11.6 Å². The molecule has 7 heteroatoms. The SMILES string of the molecule is C[Si](C)(C)Oc1ccc(Cl)cc1S(N)(=O)=O. The highest BCUT2D eigenvalue weighted by Crippen LogP contribution is 2.28. The lowest BCUT2D eigenvalue weighted by Gasteiger charge is -2.21. The molecule has 0 radical (unpaired) electrons. The molecule has 0 bridgehead atoms. The van der Waals surface area contributed by atoms with Gasteiger partial charge in [-0.2, -0.15) is 0 Å². The van der Waals surface area contributed by atoms with Gasteiger partial charge in [-0.05, 0) is 37.8 Å². The average Bonchev–Trinajstić information content (AvgIpc) is 2.04. The van der Waals surface area contributed by atoms with Gasteiger partial charge in [0.25, 0.3) is 0 Å². The molecule has 0 aliphatic rings. The molecule has 0 amide bonds. The summed E-state index contributed by atoms with van der Waals surface area (Å²) >= 11 is 5.73. The fraction of sp³-hybridized carbons (Fsp3) is 0.333. The van der Waals surface area contributed by atoms with E-state index in [1.165, 1.54) is 12.1 Å². The van der Waals surface area contributed by atoms with Crippen molar-refractivity contribution in [3.8, 4) is 5.75 Å². The van der Waals surface area contributed by atoms with Crippen LogP contribution in [0.2, 0.25) is 24.7 Å². The average molecular weight is 280 g/mol. The zero-order chi connectivity index (χ0) is 12.6. The van der Waals surface area contributed by atoms with Gasteiger partial charge in [0, 0.05) is 5.02 Å². The fourth-order valence-electron chi connectivity index (χ4n) is 1.12. The molecule has 0 heterocycles. The Morgan fingerprint density at radius 3 is 2.31 bits per heavy atom. The van der Waals surface area contributed by atoms with Crippen LogP contribution in [0, 0.1) is 0 Å². The first kappa shape index (κ1) is 13.5. The lowest BCUT2D eigenvalue weighted by molar-refractivity contribution is 0.535. The van der Waals surface area contributed by atoms with Crippen LogP contribution in [0.15, 0.2) is 23.1 Å². The van der Waals surface area contributed by atoms with Crippen LogP contribution in [0.25, 0.3) is 0 Å². The fourth-order valence-corrected chi connectivity index (χ4v) is 2.95. The van der Waals surface area contributed by atoms with Gasteiger partial charge in [-0.25, -0.2) is 13.6 Å². The number of benzene rings is 1. The molecule has 0 unspecified atom stereocenters. The molecule has 0 spiro atoms. The van der Waals surface area contributed by atoms with Gasteiger partial charge in [0.1, 0.15) is 10.6 Å². The lowest BCUT2D eigenvalue weighted by Crippen LogP contribution is -2.30. The van der Waals surface area contributed by atoms with E-state index in [0.29, 0.717) is 5.02 Å². The Balaban J connectivity index is 3.30. The van der Waals surface area contributed by atoms with Crippen molar-refractivity contribution >= 4 is 29.9 Å². The highest BCUT2D eigenvalue weighted by Gasteiger charge is 2.22. The molecule has 0 atom stereocenters. The minimum atomic E-state index is -3.82. The monoisotopic (exact) mass is 279 g/mol. The largest absolute Gasteiger partial charge is 0.543 e. The normalized spacial score (nSPS) is 12.6. The molecule has 2 N–H and O–H groups in total. The Kier molecular flexibility index (Phi) is 3.68. The van der Waals surface area contributed by atoms with E-state index in [0.717, 1.165) is 0 Å². The van der Waals surface area contributed by atoms with Crippen LogP contribution in [0.1, 0.15) is 0 Å². The Bertz CT molecular complexity index is 496. The van der Waals surface area contributed by atoms with E-state index in [1.807, 2.05) is 19.6 Å². The predicted molar refractivity (Wildman–Crippen MR) is 66.8 cm³/mol. The smallest absolute Gasteiger partial charge is 0.242 e. The van der Waals surface area contributed by atoms with Crippen molar-refractivity contribution in [3.05, 3.63) is 23.2 Å². The molecule has 0 aliphatic carbocycles. The molecule has 16 heavy (non-hydrogen) atoms. The molecule has 0 aromatic heterocycles. The van der Waals surface area contributed by atoms with E-state index < -0.39 is 18.3 Å². The van der Waals surface area contributed by atoms with Crippen molar-refractivity contribution in [2.75, 3.05) is 0 Å². The minimum Gasteiger partial charge on any atom is -0.543 e. The van der Waals surface area contributed by atoms with Crippen molar-refractivity contribution in [1.82, 2.24) is 0 Å². The molecule has 0 aliphatic heterocycles. The first-order valence-corrected chi connectivity index (χ1v) is 9.94. The zero-order valence-electron chi connectivity index (χ0n) is 9.32. The number of hydrogen-bond donors (Lipinski definition) is 1. The first-order chi connectivity index (χ1) is 7.09. The van der Waals surface area contributed by atoms with Crippen LogP contribution < -0.4 is 9.56 Å². The Hall–Kier alpha value is -0.563. The number of halogens is 1. The molecule has 1 aromatic carbocycles. The summed E-state index contributed by atoms with van der Waals surface area (Å²) in [6.07, 6.45) is 0. The number of rotatable bonds is 3. The van der Waals surface area contributed by atoms with Crippen LogP contribution in [0.3, 0.4) is 0 Å². The Morgan fingerprint density at radius 2 is 1.88 bits per heavy atom. The molecule has 0 fully saturated rings. The summed E-state index contributed by atoms with van der Waals surface area (Å²) in [4.78, 5) is -0.0672. The minimum absolute atomic E-state index is 0.0672. The maximum absolute atomic E-state index is 11.3. The van der Waals surface area contributed by atoms with Gasteiger partial charge in [-0.15, -0.1) is 0 Å². The van der Waals surface area contributed by atoms with Crippen LogP contribution in [0.4, 0.5) is 0 Å². The quantitative estimate of drug-likeness (QED) is 0.863. The molecular formula is C9H14ClNO3SSi. The summed E-state index contributed by atoms with van der Waals surface area (Å²) < 4.78 is 28.3. The van der Waals surface area contributed by atoms with E-state index >= 15 is 0 Å². The van der Waals surface area contributed by atoms with Crippen LogP contribution in [-0.2, 0) is 10.0 Å². The molecule has 90 valence electrons. The molecule has 1 rings (SSSR count). The standard InChI is InChI=1S/C9H14ClNO3SSi/c1-16(2,3)14-8-5-4-7(10)6-9(8)15(11,12)13/h4-6H,1-3H3,(H2,11,12,13). The van der Waals surface area contributed by atoms with E-state index in [2.05, 4.69) is 0 Å². The third-order valence-corrected chi connectivity index (χ3v) is 3.63. The number of nitrogens with two attached hydrogens (primary N) is 1. The number of primary sulfonamides is 1. The molecule has 1 aromatic rings. The molecule has 4 nitrogen and oxygen atoms in total. The van der Waals surface area contributed by atoms with Crippen LogP contribution in [0.5, 0.6) is 5.75 Å². The molecular weight excluding hydrogens is 266 g/mol. The Morgan fingerprint density at radius 1 is 1.31 bits per heavy atom. The van der Waals surface area contributed by atoms with Crippen molar-refractivity contribution in [2.24, 2.45) is 5.14 Å². The summed E-state index contributed by atoms with van der Waals surface area (Å²) in [5.41, 5.74) is 0. The lowest BCUT2D eigenvalue weighted by atomic mass is 10.3. The van der Waals surface area contributed by atoms with Gasteiger partial charge in [0.05, 0.1) is 0 Å². The predicted octanol–water partition coefficient (Wildman–Crippen LogP) is 2.20. The second-order valence-electron chi connectivity index (χ2n) is 4.35. The summed E-state index contributed by atoms with van der Waals surface area (Å²) in [6.45, 7) is 5.86. The van der Waals surface area contributed by atoms with Crippen molar-refractivity contribution in [1.29, 1.82) is 0 Å². The third kappa shape index (κ3) is 3.78. The highest BCUT2D eigenvalue weighted by molar-refractivity contribution is 7.89. The van der Waals surface area contributed by atoms with Gasteiger partial charge >= 0.3 is 0 Å². The maximum atomic E-state index is 11.3. The summed E-state index contributed by atoms with van der Waals surface area (Å²) in [5.74, 6) is 0.270. The Labute approximate surface area is 102 Å². The summed E-state index contributed by atoms with van der Waals surface area (Å²) in [5, 5.41) is 5.41. The van der Waals surface area contributed by atoms with Gasteiger partial charge in [0.2, 0.25) is 18.3 Å². The summed E-state index contributed by atoms with van der Waals surface area (Å²) in [6, 6.07) is 4.40. The summed E-state index contributed by atoms with van der Waals surface area (Å²) in [7, 11) is -5.70. The van der Waals surface area contributed by atoms with Crippen molar-refractivity contribution in [2.45, 2.75) is 24.5 Å². The van der Waals surface area contributed by atoms with E-state index in [-0.39, 0.29) is 10.6 Å². The second-order valence-corrected chi connectivity index (χ2v) is 10.7. The van der Waals surface area contributed by atoms with Gasteiger partial charge in [-0.3, -0.25) is 0 Å². The topological polar surface area (TPSA) is 69.4 Å². The van der Waals surface area contributed by atoms with Crippen molar-refractivity contribution in [3.63, 3.8) is 0 Å². The maximum Gasteiger partial charge on any atom is 0.242 e. The van der Waals surface area contributed by atoms with Gasteiger partial charge in [0.15, 0.2) is 0 Å². The van der Waals surface area contributed by atoms with Crippen molar-refractivity contribution < 1.29 is 12.8 Å². The number of hydrogen-bond acceptors (Lipinski definition) is 3. The number of sulfonamides is 1. The van der Waals surface area contributed by atoms with E-state index in [1.54, 1.807) is 6.07 Å². The first-order valence-electron chi connectivity index (χ1n) is 4.61. The third-order valence-electron chi connectivity index (χ3n) is 1.63. The zero-order valence-corrected chi connectivity index (χ0v) is 11.9. The van der Waals surface area contributed by atoms with Crippen LogP contribution in [-0.4, -0.2) is 16.7 Å². The van der Waals surface area contributed by atoms with E-state index in [9.17, 15) is 8.42 Å². The second kappa shape index (κ2) is 4.36. The van der Waals surface area contributed by atoms with Crippen LogP contribution >= 0.6 is 11.6 Å². The van der Waals surface area contributed by atoms with Gasteiger partial charge < -0.3 is 4.43 Å².